The van der Waals surface area contributed by atoms with Crippen molar-refractivity contribution < 1.29 is 8.42 Å². The Labute approximate surface area is 115 Å². The summed E-state index contributed by atoms with van der Waals surface area (Å²) in [6.07, 6.45) is 5.34. The highest BCUT2D eigenvalue weighted by Gasteiger charge is 2.49. The molecule has 2 aliphatic rings. The van der Waals surface area contributed by atoms with E-state index in [4.69, 9.17) is 0 Å². The van der Waals surface area contributed by atoms with E-state index in [0.717, 1.165) is 36.9 Å². The highest BCUT2D eigenvalue weighted by Crippen LogP contribution is 2.41. The van der Waals surface area contributed by atoms with Crippen LogP contribution in [0.4, 0.5) is 5.69 Å². The normalized spacial score (nSPS) is 24.8. The van der Waals surface area contributed by atoms with E-state index >= 15 is 0 Å². The minimum atomic E-state index is -3.38. The molecule has 5 heteroatoms. The van der Waals surface area contributed by atoms with E-state index in [-0.39, 0.29) is 5.54 Å². The molecular weight excluding hydrogens is 260 g/mol. The second-order valence-electron chi connectivity index (χ2n) is 5.71. The average Bonchev–Trinajstić information content (AvgIpc) is 2.64. The van der Waals surface area contributed by atoms with Crippen LogP contribution < -0.4 is 9.03 Å². The molecule has 2 fully saturated rings. The van der Waals surface area contributed by atoms with Gasteiger partial charge in [0.05, 0.1) is 11.2 Å². The predicted octanol–water partition coefficient (Wildman–Crippen LogP) is 2.35. The zero-order valence-electron chi connectivity index (χ0n) is 11.2. The van der Waals surface area contributed by atoms with E-state index < -0.39 is 10.2 Å². The van der Waals surface area contributed by atoms with E-state index in [1.54, 1.807) is 4.31 Å². The molecule has 19 heavy (non-hydrogen) atoms. The maximum absolute atomic E-state index is 12.3. The SMILES string of the molecule is Cc1ccc(N2C3(CCCCC3)CNS2(=O)=O)cc1. The molecule has 1 aromatic carbocycles. The van der Waals surface area contributed by atoms with Crippen molar-refractivity contribution >= 4 is 15.9 Å². The lowest BCUT2D eigenvalue weighted by molar-refractivity contribution is 0.317. The number of nitrogens with one attached hydrogen (secondary N) is 1. The summed E-state index contributed by atoms with van der Waals surface area (Å²) >= 11 is 0. The van der Waals surface area contributed by atoms with E-state index in [1.165, 1.54) is 6.42 Å². The maximum Gasteiger partial charge on any atom is 0.302 e. The van der Waals surface area contributed by atoms with Crippen molar-refractivity contribution in [2.24, 2.45) is 0 Å². The quantitative estimate of drug-likeness (QED) is 0.858. The van der Waals surface area contributed by atoms with Gasteiger partial charge in [0.25, 0.3) is 0 Å². The number of benzene rings is 1. The Hall–Kier alpha value is -1.07. The zero-order valence-corrected chi connectivity index (χ0v) is 12.0. The van der Waals surface area contributed by atoms with Gasteiger partial charge in [-0.3, -0.25) is 4.31 Å². The molecule has 1 aromatic rings. The standard InChI is InChI=1S/C14H20N2O2S/c1-12-5-7-13(8-6-12)16-14(9-3-2-4-10-14)11-15-19(16,17)18/h5-8,15H,2-4,9-11H2,1H3. The molecule has 0 bridgehead atoms. The van der Waals surface area contributed by atoms with Crippen LogP contribution in [0.15, 0.2) is 24.3 Å². The van der Waals surface area contributed by atoms with Crippen molar-refractivity contribution in [2.45, 2.75) is 44.6 Å². The summed E-state index contributed by atoms with van der Waals surface area (Å²) in [4.78, 5) is 0. The highest BCUT2D eigenvalue weighted by atomic mass is 32.2. The van der Waals surface area contributed by atoms with Crippen LogP contribution >= 0.6 is 0 Å². The Morgan fingerprint density at radius 3 is 2.37 bits per heavy atom. The lowest BCUT2D eigenvalue weighted by Gasteiger charge is -2.40. The summed E-state index contributed by atoms with van der Waals surface area (Å²) in [5.74, 6) is 0. The summed E-state index contributed by atoms with van der Waals surface area (Å²) in [5, 5.41) is 0. The fourth-order valence-electron chi connectivity index (χ4n) is 3.30. The summed E-state index contributed by atoms with van der Waals surface area (Å²) < 4.78 is 29.0. The second-order valence-corrected chi connectivity index (χ2v) is 7.32. The fourth-order valence-corrected chi connectivity index (χ4v) is 5.04. The largest absolute Gasteiger partial charge is 0.302 e. The summed E-state index contributed by atoms with van der Waals surface area (Å²) in [7, 11) is -3.38. The molecule has 1 spiro atoms. The first-order chi connectivity index (χ1) is 9.04. The molecule has 0 amide bonds. The maximum atomic E-state index is 12.3. The minimum Gasteiger partial charge on any atom is -0.250 e. The van der Waals surface area contributed by atoms with Crippen molar-refractivity contribution in [1.29, 1.82) is 0 Å². The highest BCUT2D eigenvalue weighted by molar-refractivity contribution is 7.91. The molecule has 0 aromatic heterocycles. The lowest BCUT2D eigenvalue weighted by atomic mass is 9.81. The Bertz CT molecular complexity index is 560. The molecule has 1 aliphatic carbocycles. The molecule has 3 rings (SSSR count). The first-order valence-electron chi connectivity index (χ1n) is 6.90. The predicted molar refractivity (Wildman–Crippen MR) is 76.4 cm³/mol. The molecule has 1 N–H and O–H groups in total. The van der Waals surface area contributed by atoms with Gasteiger partial charge in [-0.1, -0.05) is 37.0 Å². The number of hydrogen-bond donors (Lipinski definition) is 1. The van der Waals surface area contributed by atoms with Gasteiger partial charge in [0.15, 0.2) is 0 Å². The number of rotatable bonds is 1. The molecule has 1 heterocycles. The van der Waals surface area contributed by atoms with Gasteiger partial charge in [0.2, 0.25) is 0 Å². The van der Waals surface area contributed by atoms with Gasteiger partial charge in [-0.25, -0.2) is 0 Å². The average molecular weight is 280 g/mol. The Kier molecular flexibility index (Phi) is 3.06. The Morgan fingerprint density at radius 1 is 1.11 bits per heavy atom. The van der Waals surface area contributed by atoms with Crippen LogP contribution in [0.25, 0.3) is 0 Å². The third-order valence-corrected chi connectivity index (χ3v) is 5.90. The molecule has 1 saturated carbocycles. The van der Waals surface area contributed by atoms with E-state index in [2.05, 4.69) is 4.72 Å². The first-order valence-corrected chi connectivity index (χ1v) is 8.34. The van der Waals surface area contributed by atoms with Gasteiger partial charge < -0.3 is 0 Å². The van der Waals surface area contributed by atoms with Crippen molar-refractivity contribution in [2.75, 3.05) is 10.8 Å². The second kappa shape index (κ2) is 4.49. The monoisotopic (exact) mass is 280 g/mol. The summed E-state index contributed by atoms with van der Waals surface area (Å²) in [6, 6.07) is 7.77. The fraction of sp³-hybridized carbons (Fsp3) is 0.571. The molecule has 1 aliphatic heterocycles. The van der Waals surface area contributed by atoms with Crippen LogP contribution in [0.1, 0.15) is 37.7 Å². The van der Waals surface area contributed by atoms with Gasteiger partial charge in [-0.15, -0.1) is 0 Å². The molecular formula is C14H20N2O2S. The van der Waals surface area contributed by atoms with Crippen LogP contribution in [-0.4, -0.2) is 20.5 Å². The van der Waals surface area contributed by atoms with Crippen molar-refractivity contribution in [3.63, 3.8) is 0 Å². The van der Waals surface area contributed by atoms with Crippen LogP contribution in [0.5, 0.6) is 0 Å². The molecule has 0 radical (unpaired) electrons. The Morgan fingerprint density at radius 2 is 1.74 bits per heavy atom. The van der Waals surface area contributed by atoms with Crippen LogP contribution in [-0.2, 0) is 10.2 Å². The summed E-state index contributed by atoms with van der Waals surface area (Å²) in [5.41, 5.74) is 1.69. The number of anilines is 1. The van der Waals surface area contributed by atoms with Crippen LogP contribution in [0.3, 0.4) is 0 Å². The number of aryl methyl sites for hydroxylation is 1. The van der Waals surface area contributed by atoms with Crippen LogP contribution in [0.2, 0.25) is 0 Å². The third kappa shape index (κ3) is 2.15. The molecule has 1 saturated heterocycles. The number of nitrogens with zero attached hydrogens (tertiary/aromatic N) is 1. The van der Waals surface area contributed by atoms with Crippen LogP contribution in [0, 0.1) is 6.92 Å². The van der Waals surface area contributed by atoms with Gasteiger partial charge in [-0.2, -0.15) is 13.1 Å². The molecule has 0 unspecified atom stereocenters. The third-order valence-electron chi connectivity index (χ3n) is 4.31. The van der Waals surface area contributed by atoms with Crippen molar-refractivity contribution in [1.82, 2.24) is 4.72 Å². The van der Waals surface area contributed by atoms with Crippen molar-refractivity contribution in [3.8, 4) is 0 Å². The Balaban J connectivity index is 2.05. The van der Waals surface area contributed by atoms with Gasteiger partial charge in [0, 0.05) is 6.54 Å². The van der Waals surface area contributed by atoms with E-state index in [1.807, 2.05) is 31.2 Å². The van der Waals surface area contributed by atoms with E-state index in [9.17, 15) is 8.42 Å². The summed E-state index contributed by atoms with van der Waals surface area (Å²) in [6.45, 7) is 2.56. The van der Waals surface area contributed by atoms with Gasteiger partial charge >= 0.3 is 10.2 Å². The molecule has 104 valence electrons. The smallest absolute Gasteiger partial charge is 0.250 e. The lowest BCUT2D eigenvalue weighted by Crippen LogP contribution is -2.49. The van der Waals surface area contributed by atoms with Gasteiger partial charge in [-0.05, 0) is 31.9 Å². The first kappa shape index (κ1) is 12.9. The van der Waals surface area contributed by atoms with Crippen molar-refractivity contribution in [3.05, 3.63) is 29.8 Å². The number of hydrogen-bond acceptors (Lipinski definition) is 2. The molecule has 0 atom stereocenters. The zero-order chi connectivity index (χ0) is 13.5. The minimum absolute atomic E-state index is 0.244. The topological polar surface area (TPSA) is 49.4 Å². The molecule has 4 nitrogen and oxygen atoms in total. The van der Waals surface area contributed by atoms with E-state index in [0.29, 0.717) is 6.54 Å². The van der Waals surface area contributed by atoms with Gasteiger partial charge in [0.1, 0.15) is 0 Å².